The molecule has 25 heavy (non-hydrogen) atoms. The van der Waals surface area contributed by atoms with Gasteiger partial charge < -0.3 is 9.88 Å². The van der Waals surface area contributed by atoms with E-state index in [2.05, 4.69) is 16.2 Å². The lowest BCUT2D eigenvalue weighted by Crippen LogP contribution is -2.24. The Hall–Kier alpha value is -3.32. The Morgan fingerprint density at radius 3 is 2.72 bits per heavy atom. The topological polar surface area (TPSA) is 46.9 Å². The minimum atomic E-state index is -0.122. The van der Waals surface area contributed by atoms with Gasteiger partial charge in [0.1, 0.15) is 5.82 Å². The number of carbonyl (C=O) groups is 1. The van der Waals surface area contributed by atoms with Gasteiger partial charge in [0.05, 0.1) is 17.6 Å². The number of amides is 1. The van der Waals surface area contributed by atoms with Crippen LogP contribution in [0.15, 0.2) is 60.7 Å². The monoisotopic (exact) mass is 329 g/mol. The molecule has 0 aliphatic carbocycles. The van der Waals surface area contributed by atoms with Crippen LogP contribution in [0, 0.1) is 12.3 Å². The Kier molecular flexibility index (Phi) is 5.28. The number of aromatic nitrogens is 2. The third kappa shape index (κ3) is 4.15. The van der Waals surface area contributed by atoms with Gasteiger partial charge in [-0.15, -0.1) is 6.42 Å². The molecule has 0 fully saturated rings. The summed E-state index contributed by atoms with van der Waals surface area (Å²) in [5.74, 6) is 3.42. The van der Waals surface area contributed by atoms with Crippen LogP contribution in [0.25, 0.3) is 17.1 Å². The van der Waals surface area contributed by atoms with Gasteiger partial charge in [0.15, 0.2) is 0 Å². The third-order valence-corrected chi connectivity index (χ3v) is 3.86. The number of nitrogens with zero attached hydrogens (tertiary/aromatic N) is 2. The van der Waals surface area contributed by atoms with Gasteiger partial charge in [0, 0.05) is 19.0 Å². The molecule has 0 aliphatic rings. The summed E-state index contributed by atoms with van der Waals surface area (Å²) in [7, 11) is 0. The lowest BCUT2D eigenvalue weighted by Gasteiger charge is -2.06. The highest BCUT2D eigenvalue weighted by molar-refractivity contribution is 5.91. The summed E-state index contributed by atoms with van der Waals surface area (Å²) >= 11 is 0. The largest absolute Gasteiger partial charge is 0.352 e. The second-order valence-corrected chi connectivity index (χ2v) is 5.59. The zero-order valence-electron chi connectivity index (χ0n) is 13.9. The molecule has 0 radical (unpaired) electrons. The highest BCUT2D eigenvalue weighted by atomic mass is 16.1. The number of fused-ring (bicyclic) bond motifs is 1. The summed E-state index contributed by atoms with van der Waals surface area (Å²) in [6.07, 6.45) is 9.44. The number of imidazole rings is 1. The molecule has 4 nitrogen and oxygen atoms in total. The Bertz CT molecular complexity index is 933. The first kappa shape index (κ1) is 16.5. The van der Waals surface area contributed by atoms with E-state index in [4.69, 9.17) is 6.42 Å². The Labute approximate surface area is 147 Å². The van der Waals surface area contributed by atoms with Crippen molar-refractivity contribution in [2.24, 2.45) is 0 Å². The minimum absolute atomic E-state index is 0.122. The van der Waals surface area contributed by atoms with Crippen molar-refractivity contribution in [2.75, 3.05) is 6.54 Å². The van der Waals surface area contributed by atoms with Crippen molar-refractivity contribution in [3.8, 4) is 12.3 Å². The predicted molar refractivity (Wildman–Crippen MR) is 101 cm³/mol. The number of terminal acetylenes is 1. The number of benzene rings is 2. The molecule has 0 bridgehead atoms. The van der Waals surface area contributed by atoms with Gasteiger partial charge in [0.25, 0.3) is 0 Å². The average molecular weight is 329 g/mol. The van der Waals surface area contributed by atoms with Gasteiger partial charge in [0.2, 0.25) is 5.91 Å². The van der Waals surface area contributed by atoms with Crippen LogP contribution in [0.2, 0.25) is 0 Å². The molecule has 1 aromatic heterocycles. The van der Waals surface area contributed by atoms with Crippen molar-refractivity contribution in [2.45, 2.75) is 13.0 Å². The van der Waals surface area contributed by atoms with Gasteiger partial charge in [-0.05, 0) is 23.8 Å². The first-order valence-corrected chi connectivity index (χ1v) is 8.16. The molecule has 2 aromatic carbocycles. The SMILES string of the molecule is C#CCn1c(CCNC(=O)/C=C/c2ccccc2)nc2ccccc21. The van der Waals surface area contributed by atoms with Crippen LogP contribution in [0.5, 0.6) is 0 Å². The van der Waals surface area contributed by atoms with Gasteiger partial charge in [-0.3, -0.25) is 4.79 Å². The van der Waals surface area contributed by atoms with Crippen molar-refractivity contribution in [1.82, 2.24) is 14.9 Å². The molecule has 1 heterocycles. The van der Waals surface area contributed by atoms with Crippen LogP contribution in [0.3, 0.4) is 0 Å². The lowest BCUT2D eigenvalue weighted by molar-refractivity contribution is -0.116. The van der Waals surface area contributed by atoms with Crippen molar-refractivity contribution in [3.63, 3.8) is 0 Å². The quantitative estimate of drug-likeness (QED) is 0.558. The summed E-state index contributed by atoms with van der Waals surface area (Å²) in [5.41, 5.74) is 2.93. The summed E-state index contributed by atoms with van der Waals surface area (Å²) in [5, 5.41) is 2.88. The van der Waals surface area contributed by atoms with E-state index >= 15 is 0 Å². The van der Waals surface area contributed by atoms with Gasteiger partial charge in [-0.1, -0.05) is 48.4 Å². The number of hydrogen-bond acceptors (Lipinski definition) is 2. The first-order chi connectivity index (χ1) is 12.3. The van der Waals surface area contributed by atoms with Crippen molar-refractivity contribution < 1.29 is 4.79 Å². The molecule has 1 N–H and O–H groups in total. The van der Waals surface area contributed by atoms with E-state index in [1.807, 2.05) is 59.2 Å². The van der Waals surface area contributed by atoms with E-state index < -0.39 is 0 Å². The molecule has 0 atom stereocenters. The predicted octanol–water partition coefficient (Wildman–Crippen LogP) is 3.04. The number of hydrogen-bond donors (Lipinski definition) is 1. The van der Waals surface area contributed by atoms with Crippen LogP contribution in [-0.2, 0) is 17.8 Å². The first-order valence-electron chi connectivity index (χ1n) is 8.16. The highest BCUT2D eigenvalue weighted by Gasteiger charge is 2.09. The number of carbonyl (C=O) groups excluding carboxylic acids is 1. The number of para-hydroxylation sites is 2. The normalized spacial score (nSPS) is 10.8. The molecular formula is C21H19N3O. The summed E-state index contributed by atoms with van der Waals surface area (Å²) in [6.45, 7) is 0.976. The maximum absolute atomic E-state index is 11.9. The highest BCUT2D eigenvalue weighted by Crippen LogP contribution is 2.16. The zero-order chi connectivity index (χ0) is 17.5. The smallest absolute Gasteiger partial charge is 0.244 e. The van der Waals surface area contributed by atoms with Crippen molar-refractivity contribution >= 4 is 23.0 Å². The van der Waals surface area contributed by atoms with Crippen LogP contribution in [0.4, 0.5) is 0 Å². The molecule has 0 saturated heterocycles. The summed E-state index contributed by atoms with van der Waals surface area (Å²) in [4.78, 5) is 16.6. The van der Waals surface area contributed by atoms with Crippen LogP contribution >= 0.6 is 0 Å². The molecule has 1 amide bonds. The van der Waals surface area contributed by atoms with E-state index in [1.54, 1.807) is 12.2 Å². The molecule has 3 aromatic rings. The fourth-order valence-corrected chi connectivity index (χ4v) is 2.68. The molecule has 0 saturated carbocycles. The van der Waals surface area contributed by atoms with Crippen LogP contribution < -0.4 is 5.32 Å². The van der Waals surface area contributed by atoms with Crippen LogP contribution in [0.1, 0.15) is 11.4 Å². The molecule has 0 unspecified atom stereocenters. The Morgan fingerprint density at radius 2 is 1.92 bits per heavy atom. The summed E-state index contributed by atoms with van der Waals surface area (Å²) in [6, 6.07) is 17.6. The fourth-order valence-electron chi connectivity index (χ4n) is 2.68. The van der Waals surface area contributed by atoms with E-state index in [9.17, 15) is 4.79 Å². The minimum Gasteiger partial charge on any atom is -0.352 e. The van der Waals surface area contributed by atoms with Gasteiger partial charge in [-0.25, -0.2) is 4.98 Å². The summed E-state index contributed by atoms with van der Waals surface area (Å²) < 4.78 is 2.02. The van der Waals surface area contributed by atoms with E-state index in [1.165, 1.54) is 0 Å². The molecule has 0 spiro atoms. The zero-order valence-corrected chi connectivity index (χ0v) is 13.9. The Balaban J connectivity index is 1.61. The molecule has 124 valence electrons. The molecular weight excluding hydrogens is 310 g/mol. The lowest BCUT2D eigenvalue weighted by atomic mass is 10.2. The average Bonchev–Trinajstić information content (AvgIpc) is 2.99. The third-order valence-electron chi connectivity index (χ3n) is 3.86. The Morgan fingerprint density at radius 1 is 1.16 bits per heavy atom. The van der Waals surface area contributed by atoms with E-state index in [-0.39, 0.29) is 5.91 Å². The van der Waals surface area contributed by atoms with Gasteiger partial charge in [-0.2, -0.15) is 0 Å². The van der Waals surface area contributed by atoms with E-state index in [0.717, 1.165) is 22.4 Å². The standard InChI is InChI=1S/C21H19N3O/c1-2-16-24-19-11-7-6-10-18(19)23-20(24)14-15-22-21(25)13-12-17-8-4-3-5-9-17/h1,3-13H,14-16H2,(H,22,25)/b13-12+. The van der Waals surface area contributed by atoms with Gasteiger partial charge >= 0.3 is 0 Å². The maximum atomic E-state index is 11.9. The fraction of sp³-hybridized carbons (Fsp3) is 0.143. The van der Waals surface area contributed by atoms with Crippen LogP contribution in [-0.4, -0.2) is 22.0 Å². The molecule has 4 heteroatoms. The number of nitrogens with one attached hydrogen (secondary N) is 1. The van der Waals surface area contributed by atoms with Crippen molar-refractivity contribution in [3.05, 3.63) is 72.1 Å². The van der Waals surface area contributed by atoms with Crippen molar-refractivity contribution in [1.29, 1.82) is 0 Å². The molecule has 3 rings (SSSR count). The molecule has 0 aliphatic heterocycles. The maximum Gasteiger partial charge on any atom is 0.244 e. The second-order valence-electron chi connectivity index (χ2n) is 5.59. The second kappa shape index (κ2) is 7.98. The van der Waals surface area contributed by atoms with E-state index in [0.29, 0.717) is 19.5 Å². The number of rotatable bonds is 6.